The lowest BCUT2D eigenvalue weighted by atomic mass is 10.1. The topological polar surface area (TPSA) is 246 Å². The molecule has 14 bridgehead atoms. The van der Waals surface area contributed by atoms with Crippen molar-refractivity contribution in [1.29, 1.82) is 0 Å². The highest BCUT2D eigenvalue weighted by Gasteiger charge is 2.55. The number of aryl methyl sites for hydroxylation is 2. The van der Waals surface area contributed by atoms with Crippen LogP contribution < -0.4 is 0 Å². The monoisotopic (exact) mass is 1030 g/mol. The van der Waals surface area contributed by atoms with Crippen LogP contribution in [0.25, 0.3) is 22.3 Å². The normalized spacial score (nSPS) is 30.3. The third-order valence-electron chi connectivity index (χ3n) is 11.6. The number of ether oxygens (including phenoxy) is 2. The Balaban J connectivity index is 1.09. The maximum atomic E-state index is 17.4. The van der Waals surface area contributed by atoms with Crippen molar-refractivity contribution in [2.45, 2.75) is 86.4 Å². The zero-order valence-corrected chi connectivity index (χ0v) is 39.4. The Labute approximate surface area is 397 Å². The van der Waals surface area contributed by atoms with Crippen LogP contribution in [0.5, 0.6) is 0 Å². The van der Waals surface area contributed by atoms with E-state index >= 15 is 13.3 Å². The molecule has 5 aliphatic rings. The van der Waals surface area contributed by atoms with Gasteiger partial charge in [0.05, 0.1) is 47.1 Å². The molecule has 1 unspecified atom stereocenters. The van der Waals surface area contributed by atoms with Crippen LogP contribution >= 0.6 is 35.3 Å². The fourth-order valence-electron chi connectivity index (χ4n) is 8.31. The molecule has 28 heteroatoms. The number of alkyl halides is 2. The number of hydrogen-bond donors (Lipinski definition) is 0. The summed E-state index contributed by atoms with van der Waals surface area (Å²) in [6.45, 7) is -5.95. The van der Waals surface area contributed by atoms with E-state index in [1.807, 2.05) is 12.2 Å². The number of benzene rings is 2. The van der Waals surface area contributed by atoms with E-state index < -0.39 is 84.8 Å². The third kappa shape index (κ3) is 9.36. The number of halogens is 2. The summed E-state index contributed by atoms with van der Waals surface area (Å²) < 4.78 is 90.9. The minimum atomic E-state index is -4.67. The lowest BCUT2D eigenvalue weighted by molar-refractivity contribution is -0.385. The van der Waals surface area contributed by atoms with Crippen molar-refractivity contribution in [3.8, 4) is 0 Å². The molecule has 0 N–H and O–H groups in total. The first-order valence-electron chi connectivity index (χ1n) is 21.0. The summed E-state index contributed by atoms with van der Waals surface area (Å²) in [6.07, 6.45) is -1.86. The predicted molar refractivity (Wildman–Crippen MR) is 246 cm³/mol. The average molecular weight is 1030 g/mol. The van der Waals surface area contributed by atoms with Crippen LogP contribution in [0.3, 0.4) is 0 Å². The number of nitro groups is 2. The zero-order valence-electron chi connectivity index (χ0n) is 35.2. The molecule has 11 rings (SSSR count). The van der Waals surface area contributed by atoms with Crippen LogP contribution in [-0.2, 0) is 68.3 Å². The second-order valence-corrected chi connectivity index (χ2v) is 26.1. The second kappa shape index (κ2) is 19.6. The van der Waals surface area contributed by atoms with Crippen LogP contribution in [0, 0.1) is 20.2 Å². The summed E-state index contributed by atoms with van der Waals surface area (Å²) in [5.41, 5.74) is -1.47. The fraction of sp³-hybridized carbons (Fsp3) is 0.400. The van der Waals surface area contributed by atoms with Gasteiger partial charge in [-0.3, -0.25) is 38.4 Å². The SMILES string of the molecule is O=[N+]([O-])c1ccccc1CS[P@]1(=O)OC[C@H]2O[C@@H]3[C@H](F)[C@@H]2O[P@@](=S)(SCc2ccccc2[N+](=O)[O-])OCC2O[C@H]([C@H](F)[C@@H]2O1)n1cnc2c(ncnc21)CC/C=C/CCc1ncnc2c1ncn23. The number of aromatic nitrogens is 8. The molecule has 4 aromatic heterocycles. The minimum Gasteiger partial charge on any atom is -0.346 e. The average Bonchev–Trinajstić information content (AvgIpc) is 4.11. The molecule has 6 aromatic rings. The van der Waals surface area contributed by atoms with E-state index in [0.29, 0.717) is 59.5 Å². The van der Waals surface area contributed by atoms with Gasteiger partial charge in [0.1, 0.15) is 48.1 Å². The van der Waals surface area contributed by atoms with E-state index in [1.165, 1.54) is 70.8 Å². The maximum Gasteiger partial charge on any atom is 0.390 e. The number of imidazole rings is 2. The molecule has 0 radical (unpaired) electrons. The highest BCUT2D eigenvalue weighted by atomic mass is 32.9. The Hall–Kier alpha value is -4.72. The molecule has 3 saturated heterocycles. The highest BCUT2D eigenvalue weighted by Crippen LogP contribution is 2.67. The third-order valence-corrected chi connectivity index (χ3v) is 20.4. The minimum absolute atomic E-state index is 0.120. The van der Waals surface area contributed by atoms with Gasteiger partial charge in [-0.1, -0.05) is 59.9 Å². The first-order chi connectivity index (χ1) is 32.9. The molecule has 68 heavy (non-hydrogen) atoms. The summed E-state index contributed by atoms with van der Waals surface area (Å²) in [5.74, 6) is -0.415. The first-order valence-corrected chi connectivity index (χ1v) is 28.4. The van der Waals surface area contributed by atoms with Crippen molar-refractivity contribution in [3.63, 3.8) is 0 Å². The number of allylic oxidation sites excluding steroid dienone is 2. The molecule has 5 aliphatic heterocycles. The van der Waals surface area contributed by atoms with Crippen LogP contribution in [0.15, 0.2) is 86.0 Å². The lowest BCUT2D eigenvalue weighted by Crippen LogP contribution is -2.37. The van der Waals surface area contributed by atoms with Crippen molar-refractivity contribution in [2.75, 3.05) is 13.2 Å². The Morgan fingerprint density at radius 1 is 0.691 bits per heavy atom. The molecule has 3 fully saturated rings. The molecule has 0 spiro atoms. The van der Waals surface area contributed by atoms with Gasteiger partial charge >= 0.3 is 6.80 Å². The van der Waals surface area contributed by atoms with Gasteiger partial charge < -0.3 is 18.5 Å². The van der Waals surface area contributed by atoms with E-state index in [-0.39, 0.29) is 45.3 Å². The number of rotatable bonds is 8. The van der Waals surface area contributed by atoms with Gasteiger partial charge in [0.2, 0.25) is 5.69 Å². The molecule has 9 heterocycles. The quantitative estimate of drug-likeness (QED) is 0.0601. The van der Waals surface area contributed by atoms with Gasteiger partial charge in [-0.05, 0) is 48.9 Å². The summed E-state index contributed by atoms with van der Waals surface area (Å²) in [6, 6.07) is 11.8. The molecule has 356 valence electrons. The number of nitrogens with zero attached hydrogens (tertiary/aromatic N) is 10. The van der Waals surface area contributed by atoms with Crippen molar-refractivity contribution < 1.29 is 50.8 Å². The van der Waals surface area contributed by atoms with E-state index in [9.17, 15) is 20.2 Å². The summed E-state index contributed by atoms with van der Waals surface area (Å²) >= 11 is 7.56. The highest BCUT2D eigenvalue weighted by molar-refractivity contribution is 8.67. The summed E-state index contributed by atoms with van der Waals surface area (Å²) in [4.78, 5) is 49.7. The number of fused-ring (bicyclic) bond motifs is 10. The first kappa shape index (κ1) is 47.0. The van der Waals surface area contributed by atoms with E-state index in [2.05, 4.69) is 29.9 Å². The smallest absolute Gasteiger partial charge is 0.346 e. The van der Waals surface area contributed by atoms with Gasteiger partial charge in [-0.2, -0.15) is 0 Å². The van der Waals surface area contributed by atoms with Gasteiger partial charge in [-0.15, -0.1) is 0 Å². The fourth-order valence-corrected chi connectivity index (χ4v) is 16.1. The van der Waals surface area contributed by atoms with Crippen molar-refractivity contribution in [2.24, 2.45) is 0 Å². The molecule has 0 saturated carbocycles. The summed E-state index contributed by atoms with van der Waals surface area (Å²) in [5, 5.41) is 24.0. The van der Waals surface area contributed by atoms with Gasteiger partial charge in [-0.25, -0.2) is 43.2 Å². The Kier molecular flexibility index (Phi) is 13.5. The molecule has 0 aliphatic carbocycles. The van der Waals surface area contributed by atoms with E-state index in [1.54, 1.807) is 12.1 Å². The second-order valence-electron chi connectivity index (χ2n) is 15.8. The van der Waals surface area contributed by atoms with Gasteiger partial charge in [0.15, 0.2) is 36.1 Å². The van der Waals surface area contributed by atoms with Crippen molar-refractivity contribution in [1.82, 2.24) is 39.0 Å². The van der Waals surface area contributed by atoms with Gasteiger partial charge in [0, 0.05) is 34.8 Å². The predicted octanol–water partition coefficient (Wildman–Crippen LogP) is 8.41. The van der Waals surface area contributed by atoms with Crippen LogP contribution in [0.1, 0.15) is 47.8 Å². The van der Waals surface area contributed by atoms with Crippen LogP contribution in [0.4, 0.5) is 20.2 Å². The standard InChI is InChI=1S/C40H38F2N10O11P2S3/c41-31-35-30-16-59-65(66,68-18-24-10-6-8-14-28(24)52(55)56)63-36-29(15-58-64(57,62-35)67-17-23-9-5-7-13-27(23)51(53)54)60-40(32(36)42)50-22-48-34-26(44-20-46-38(34)50)12-4-2-1-3-11-25-33-37(45-19-43-25)49(21-47-33)39(31)61-30/h1-2,5-10,13-14,19-22,29-32,35-36,39-40H,3-4,11-12,15-18H2/b2-1+/t29-,30?,31-,32-,35-,36-,39-,40-,64-,65+/m1/s1. The Morgan fingerprint density at radius 2 is 1.18 bits per heavy atom. The molecule has 2 aromatic carbocycles. The molecular formula is C40H38F2N10O11P2S3. The zero-order chi connectivity index (χ0) is 47.2. The maximum absolute atomic E-state index is 17.4. The molecule has 21 nitrogen and oxygen atoms in total. The molecular weight excluding hydrogens is 993 g/mol. The largest absolute Gasteiger partial charge is 0.390 e. The van der Waals surface area contributed by atoms with Crippen molar-refractivity contribution >= 4 is 80.8 Å². The number of para-hydroxylation sites is 2. The van der Waals surface area contributed by atoms with E-state index in [4.69, 9.17) is 39.4 Å². The number of nitro benzene ring substituents is 2. The van der Waals surface area contributed by atoms with Crippen molar-refractivity contribution in [3.05, 3.63) is 129 Å². The number of hydrogen-bond acceptors (Lipinski definition) is 20. The Bertz CT molecular complexity index is 2830. The molecule has 0 amide bonds. The van der Waals surface area contributed by atoms with Crippen LogP contribution in [0.2, 0.25) is 0 Å². The Morgan fingerprint density at radius 3 is 1.71 bits per heavy atom. The molecule has 10 atom stereocenters. The lowest BCUT2D eigenvalue weighted by Gasteiger charge is -2.32. The summed E-state index contributed by atoms with van der Waals surface area (Å²) in [7, 11) is 0. The van der Waals surface area contributed by atoms with Gasteiger partial charge in [0.25, 0.3) is 11.4 Å². The van der Waals surface area contributed by atoms with E-state index in [0.717, 1.165) is 11.4 Å². The van der Waals surface area contributed by atoms with Crippen LogP contribution in [-0.4, -0.2) is 98.9 Å².